The molecule has 0 saturated heterocycles. The molecule has 0 aliphatic carbocycles. The molecule has 0 bridgehead atoms. The van der Waals surface area contributed by atoms with E-state index in [0.29, 0.717) is 0 Å². The number of aliphatic imine (C=N–C) groups is 1. The number of guanidine groups is 1. The minimum absolute atomic E-state index is 0.0137. The Hall–Kier alpha value is -2.69. The number of amides is 5. The average molecular weight is 327 g/mol. The van der Waals surface area contributed by atoms with Crippen LogP contribution in [0.15, 0.2) is 4.99 Å². The minimum Gasteiger partial charge on any atom is -0.370 e. The number of nitrogens with zero attached hydrogens (tertiary/aromatic N) is 2. The number of carbonyl (C=O) groups excluding carboxylic acids is 4. The molecule has 0 spiro atoms. The van der Waals surface area contributed by atoms with Crippen LogP contribution in [-0.4, -0.2) is 60.3 Å². The van der Waals surface area contributed by atoms with Crippen molar-refractivity contribution in [2.45, 2.75) is 31.3 Å². The molecule has 8 N–H and O–H groups in total. The van der Waals surface area contributed by atoms with E-state index in [0.717, 1.165) is 0 Å². The molecule has 1 rings (SSSR count). The number of carbonyl (C=O) groups is 4. The molecule has 2 atom stereocenters. The molecular weight excluding hydrogens is 306 g/mol. The second-order valence-corrected chi connectivity index (χ2v) is 5.16. The fraction of sp³-hybridized carbons (Fsp3) is 0.583. The van der Waals surface area contributed by atoms with Crippen molar-refractivity contribution in [3.8, 4) is 0 Å². The van der Waals surface area contributed by atoms with Crippen molar-refractivity contribution in [3.05, 3.63) is 0 Å². The average Bonchev–Trinajstić information content (AvgIpc) is 2.43. The van der Waals surface area contributed by atoms with Gasteiger partial charge in [-0.2, -0.15) is 0 Å². The Kier molecular flexibility index (Phi) is 6.45. The second kappa shape index (κ2) is 8.08. The molecule has 1 unspecified atom stereocenters. The molecule has 5 amide bonds. The summed E-state index contributed by atoms with van der Waals surface area (Å²) in [5, 5.41) is 4.49. The predicted octanol–water partition coefficient (Wildman–Crippen LogP) is -3.05. The quantitative estimate of drug-likeness (QED) is 0.346. The third-order valence-corrected chi connectivity index (χ3v) is 3.27. The number of nitrogens with two attached hydrogens (primary N) is 3. The van der Waals surface area contributed by atoms with Crippen molar-refractivity contribution in [2.24, 2.45) is 22.2 Å². The van der Waals surface area contributed by atoms with Crippen molar-refractivity contribution in [2.75, 3.05) is 13.6 Å². The van der Waals surface area contributed by atoms with Gasteiger partial charge in [0.1, 0.15) is 6.04 Å². The summed E-state index contributed by atoms with van der Waals surface area (Å²) in [5.74, 6) is -1.40. The van der Waals surface area contributed by atoms with Crippen LogP contribution in [0.3, 0.4) is 0 Å². The Morgan fingerprint density at radius 1 is 1.43 bits per heavy atom. The van der Waals surface area contributed by atoms with Gasteiger partial charge < -0.3 is 22.1 Å². The SMILES string of the molecule is CN(C(=O)C[C@H](N)CCC(N)=O)C1CN=C(NC(N)=O)NC1=O. The summed E-state index contributed by atoms with van der Waals surface area (Å²) in [5.41, 5.74) is 15.7. The van der Waals surface area contributed by atoms with Gasteiger partial charge >= 0.3 is 6.03 Å². The maximum Gasteiger partial charge on any atom is 0.318 e. The van der Waals surface area contributed by atoms with Crippen molar-refractivity contribution < 1.29 is 19.2 Å². The summed E-state index contributed by atoms with van der Waals surface area (Å²) < 4.78 is 0. The van der Waals surface area contributed by atoms with Gasteiger partial charge in [-0.25, -0.2) is 9.79 Å². The summed E-state index contributed by atoms with van der Waals surface area (Å²) in [7, 11) is 1.45. The van der Waals surface area contributed by atoms with E-state index in [4.69, 9.17) is 17.2 Å². The molecule has 0 aromatic rings. The maximum atomic E-state index is 12.1. The van der Waals surface area contributed by atoms with Crippen molar-refractivity contribution >= 4 is 29.7 Å². The van der Waals surface area contributed by atoms with Gasteiger partial charge in [0, 0.05) is 25.9 Å². The minimum atomic E-state index is -0.854. The Morgan fingerprint density at radius 3 is 2.61 bits per heavy atom. The summed E-state index contributed by atoms with van der Waals surface area (Å²) in [6, 6.07) is -2.20. The Morgan fingerprint density at radius 2 is 2.09 bits per heavy atom. The van der Waals surface area contributed by atoms with Crippen LogP contribution in [0.4, 0.5) is 4.79 Å². The van der Waals surface area contributed by atoms with Crippen molar-refractivity contribution in [1.29, 1.82) is 0 Å². The largest absolute Gasteiger partial charge is 0.370 e. The van der Waals surface area contributed by atoms with E-state index in [1.807, 2.05) is 0 Å². The van der Waals surface area contributed by atoms with Crippen LogP contribution in [0.2, 0.25) is 0 Å². The van der Waals surface area contributed by atoms with Gasteiger partial charge in [0.25, 0.3) is 5.91 Å². The first-order valence-electron chi connectivity index (χ1n) is 6.92. The Labute approximate surface area is 132 Å². The van der Waals surface area contributed by atoms with Crippen LogP contribution in [0.25, 0.3) is 0 Å². The predicted molar refractivity (Wildman–Crippen MR) is 80.7 cm³/mol. The summed E-state index contributed by atoms with van der Waals surface area (Å²) in [4.78, 5) is 50.6. The van der Waals surface area contributed by atoms with Gasteiger partial charge in [0.05, 0.1) is 6.54 Å². The highest BCUT2D eigenvalue weighted by Crippen LogP contribution is 2.07. The van der Waals surface area contributed by atoms with Gasteiger partial charge in [0.15, 0.2) is 0 Å². The fourth-order valence-electron chi connectivity index (χ4n) is 1.96. The first kappa shape index (κ1) is 18.4. The molecule has 1 aliphatic rings. The third-order valence-electron chi connectivity index (χ3n) is 3.27. The molecule has 0 aromatic carbocycles. The van der Waals surface area contributed by atoms with Crippen LogP contribution < -0.4 is 27.8 Å². The van der Waals surface area contributed by atoms with Crippen LogP contribution in [0, 0.1) is 0 Å². The monoisotopic (exact) mass is 327 g/mol. The zero-order valence-electron chi connectivity index (χ0n) is 12.7. The highest BCUT2D eigenvalue weighted by molar-refractivity contribution is 6.07. The van der Waals surface area contributed by atoms with Gasteiger partial charge in [-0.3, -0.25) is 25.0 Å². The lowest BCUT2D eigenvalue weighted by atomic mass is 10.1. The van der Waals surface area contributed by atoms with E-state index < -0.39 is 29.9 Å². The first-order chi connectivity index (χ1) is 10.7. The number of primary amides is 2. The smallest absolute Gasteiger partial charge is 0.318 e. The van der Waals surface area contributed by atoms with Gasteiger partial charge in [-0.05, 0) is 6.42 Å². The van der Waals surface area contributed by atoms with Crippen LogP contribution >= 0.6 is 0 Å². The summed E-state index contributed by atoms with van der Waals surface area (Å²) in [6.45, 7) is -0.0137. The van der Waals surface area contributed by atoms with Crippen LogP contribution in [0.1, 0.15) is 19.3 Å². The number of urea groups is 1. The number of hydrogen-bond donors (Lipinski definition) is 5. The standard InChI is InChI=1S/C12H21N7O4/c1-19(9(21)4-6(13)2-3-8(14)20)7-5-16-12(17-10(7)22)18-11(15)23/h6-7H,2-5,13H2,1H3,(H2,14,20)(H4,15,16,17,18,22,23)/t6-,7?/m1/s1. The molecule has 0 fully saturated rings. The Balaban J connectivity index is 2.56. The molecule has 11 nitrogen and oxygen atoms in total. The third kappa shape index (κ3) is 5.90. The number of likely N-dealkylation sites (N-methyl/N-ethyl adjacent to an activating group) is 1. The molecule has 0 aromatic heterocycles. The molecule has 1 heterocycles. The Bertz CT molecular complexity index is 534. The topological polar surface area (TPSA) is 186 Å². The van der Waals surface area contributed by atoms with E-state index in [1.165, 1.54) is 11.9 Å². The van der Waals surface area contributed by atoms with E-state index >= 15 is 0 Å². The lowest BCUT2D eigenvalue weighted by Crippen LogP contribution is -2.58. The maximum absolute atomic E-state index is 12.1. The van der Waals surface area contributed by atoms with E-state index in [1.54, 1.807) is 0 Å². The molecule has 1 aliphatic heterocycles. The van der Waals surface area contributed by atoms with E-state index in [2.05, 4.69) is 15.6 Å². The van der Waals surface area contributed by atoms with Crippen molar-refractivity contribution in [3.63, 3.8) is 0 Å². The van der Waals surface area contributed by atoms with Crippen LogP contribution in [0.5, 0.6) is 0 Å². The fourth-order valence-corrected chi connectivity index (χ4v) is 1.96. The summed E-state index contributed by atoms with van der Waals surface area (Å²) >= 11 is 0. The normalized spacial score (nSPS) is 18.4. The van der Waals surface area contributed by atoms with Gasteiger partial charge in [-0.1, -0.05) is 0 Å². The van der Waals surface area contributed by atoms with Gasteiger partial charge in [-0.15, -0.1) is 0 Å². The van der Waals surface area contributed by atoms with Gasteiger partial charge in [0.2, 0.25) is 17.8 Å². The molecule has 23 heavy (non-hydrogen) atoms. The molecule has 0 saturated carbocycles. The van der Waals surface area contributed by atoms with Crippen LogP contribution in [-0.2, 0) is 14.4 Å². The zero-order valence-corrected chi connectivity index (χ0v) is 12.7. The number of rotatable bonds is 6. The highest BCUT2D eigenvalue weighted by Gasteiger charge is 2.31. The number of nitrogens with one attached hydrogen (secondary N) is 2. The summed E-state index contributed by atoms with van der Waals surface area (Å²) in [6.07, 6.45) is 0.356. The first-order valence-corrected chi connectivity index (χ1v) is 6.92. The molecule has 0 radical (unpaired) electrons. The van der Waals surface area contributed by atoms with Crippen molar-refractivity contribution in [1.82, 2.24) is 15.5 Å². The molecular formula is C12H21N7O4. The highest BCUT2D eigenvalue weighted by atomic mass is 16.2. The second-order valence-electron chi connectivity index (χ2n) is 5.16. The number of hydrogen-bond acceptors (Lipinski definition) is 6. The van der Waals surface area contributed by atoms with E-state index in [-0.39, 0.29) is 37.7 Å². The van der Waals surface area contributed by atoms with E-state index in [9.17, 15) is 19.2 Å². The lowest BCUT2D eigenvalue weighted by molar-refractivity contribution is -0.138. The molecule has 128 valence electrons. The lowest BCUT2D eigenvalue weighted by Gasteiger charge is -2.30. The zero-order chi connectivity index (χ0) is 17.6. The molecule has 11 heteroatoms.